The van der Waals surface area contributed by atoms with Crippen LogP contribution in [0, 0.1) is 21.1 Å². The molecule has 1 saturated carbocycles. The number of anilines is 1. The lowest BCUT2D eigenvalue weighted by Crippen LogP contribution is -2.37. The Morgan fingerprint density at radius 1 is 1.43 bits per heavy atom. The van der Waals surface area contributed by atoms with E-state index in [1.807, 2.05) is 0 Å². The fourth-order valence-electron chi connectivity index (χ4n) is 1.91. The van der Waals surface area contributed by atoms with E-state index in [1.165, 1.54) is 12.1 Å². The second-order valence-electron chi connectivity index (χ2n) is 4.53. The van der Waals surface area contributed by atoms with Gasteiger partial charge in [-0.05, 0) is 30.4 Å². The van der Waals surface area contributed by atoms with E-state index in [4.69, 9.17) is 10.9 Å². The van der Waals surface area contributed by atoms with Gasteiger partial charge in [-0.1, -0.05) is 5.22 Å². The number of nitro benzene ring substituents is 1. The van der Waals surface area contributed by atoms with Gasteiger partial charge in [-0.15, -0.1) is 0 Å². The van der Waals surface area contributed by atoms with E-state index < -0.39 is 22.6 Å². The molecule has 0 saturated heterocycles. The van der Waals surface area contributed by atoms with E-state index in [2.05, 4.69) is 5.22 Å². The molecule has 10 heteroatoms. The minimum atomic E-state index is -5.00. The molecule has 0 spiro atoms. The molecule has 0 bridgehead atoms. The van der Waals surface area contributed by atoms with Gasteiger partial charge in [0.05, 0.1) is 10.6 Å². The molecule has 1 aliphatic carbocycles. The summed E-state index contributed by atoms with van der Waals surface area (Å²) in [5.74, 6) is -1.88. The first-order valence-corrected chi connectivity index (χ1v) is 5.87. The number of amidine groups is 1. The molecule has 2 rings (SSSR count). The molecule has 1 aromatic carbocycles. The van der Waals surface area contributed by atoms with Gasteiger partial charge in [0.15, 0.2) is 0 Å². The topological polar surface area (TPSA) is 106 Å². The van der Waals surface area contributed by atoms with Gasteiger partial charge in [-0.25, -0.2) is 0 Å². The number of non-ortho nitro benzene ring substituents is 1. The zero-order valence-electron chi connectivity index (χ0n) is 10.5. The van der Waals surface area contributed by atoms with Crippen LogP contribution in [0.2, 0.25) is 0 Å². The van der Waals surface area contributed by atoms with Gasteiger partial charge < -0.3 is 0 Å². The summed E-state index contributed by atoms with van der Waals surface area (Å²) < 4.78 is 37.9. The number of nitro groups is 1. The summed E-state index contributed by atoms with van der Waals surface area (Å²) in [5, 5.41) is 20.6. The molecule has 0 amide bonds. The second-order valence-corrected chi connectivity index (χ2v) is 4.53. The summed E-state index contributed by atoms with van der Waals surface area (Å²) >= 11 is 0. The van der Waals surface area contributed by atoms with Gasteiger partial charge in [-0.3, -0.25) is 15.5 Å². The predicted molar refractivity (Wildman–Crippen MR) is 66.5 cm³/mol. The van der Waals surface area contributed by atoms with E-state index in [0.717, 1.165) is 18.9 Å². The SMILES string of the molecule is N=NN(C(=N)C(F)(F)F)c1cc([N+](=O)[O-])ccc1C1CC1. The van der Waals surface area contributed by atoms with Crippen molar-refractivity contribution in [1.29, 1.82) is 10.9 Å². The number of hydrogen-bond acceptors (Lipinski definition) is 5. The normalized spacial score (nSPS) is 14.6. The molecule has 1 fully saturated rings. The molecule has 0 atom stereocenters. The van der Waals surface area contributed by atoms with Crippen LogP contribution in [-0.2, 0) is 0 Å². The average molecular weight is 301 g/mol. The van der Waals surface area contributed by atoms with Crippen molar-refractivity contribution in [3.05, 3.63) is 33.9 Å². The van der Waals surface area contributed by atoms with Gasteiger partial charge in [0.25, 0.3) is 5.69 Å². The smallest absolute Gasteiger partial charge is 0.279 e. The summed E-state index contributed by atoms with van der Waals surface area (Å²) in [5.41, 5.74) is 6.64. The minimum absolute atomic E-state index is 0.0221. The Bertz CT molecular complexity index is 612. The molecule has 0 unspecified atom stereocenters. The lowest BCUT2D eigenvalue weighted by molar-refractivity contribution is -0.384. The lowest BCUT2D eigenvalue weighted by Gasteiger charge is -2.21. The molecule has 112 valence electrons. The zero-order chi connectivity index (χ0) is 15.8. The third kappa shape index (κ3) is 2.98. The van der Waals surface area contributed by atoms with E-state index in [9.17, 15) is 23.3 Å². The average Bonchev–Trinajstić information content (AvgIpc) is 3.22. The van der Waals surface area contributed by atoms with E-state index in [-0.39, 0.29) is 16.6 Å². The highest BCUT2D eigenvalue weighted by Gasteiger charge is 2.41. The molecule has 2 N–H and O–H groups in total. The van der Waals surface area contributed by atoms with Crippen LogP contribution in [0.25, 0.3) is 0 Å². The van der Waals surface area contributed by atoms with Crippen LogP contribution in [0.4, 0.5) is 24.5 Å². The molecule has 0 radical (unpaired) electrons. The molecule has 0 aromatic heterocycles. The van der Waals surface area contributed by atoms with Crippen LogP contribution in [0.1, 0.15) is 24.3 Å². The summed E-state index contributed by atoms with van der Waals surface area (Å²) in [6, 6.07) is 3.45. The van der Waals surface area contributed by atoms with Crippen LogP contribution in [0.3, 0.4) is 0 Å². The predicted octanol–water partition coefficient (Wildman–Crippen LogP) is 3.76. The number of rotatable bonds is 4. The highest BCUT2D eigenvalue weighted by molar-refractivity contribution is 5.99. The summed E-state index contributed by atoms with van der Waals surface area (Å²) in [4.78, 5) is 10.0. The molecule has 7 nitrogen and oxygen atoms in total. The summed E-state index contributed by atoms with van der Waals surface area (Å²) in [6.07, 6.45) is -3.51. The molecule has 21 heavy (non-hydrogen) atoms. The van der Waals surface area contributed by atoms with Crippen molar-refractivity contribution in [2.24, 2.45) is 5.22 Å². The molecular weight excluding hydrogens is 291 g/mol. The minimum Gasteiger partial charge on any atom is -0.279 e. The van der Waals surface area contributed by atoms with Crippen molar-refractivity contribution in [1.82, 2.24) is 0 Å². The number of nitrogens with one attached hydrogen (secondary N) is 2. The summed E-state index contributed by atoms with van der Waals surface area (Å²) in [7, 11) is 0. The third-order valence-corrected chi connectivity index (χ3v) is 3.05. The number of hydrogen-bond donors (Lipinski definition) is 2. The number of benzene rings is 1. The molecule has 0 heterocycles. The van der Waals surface area contributed by atoms with E-state index >= 15 is 0 Å². The first-order chi connectivity index (χ1) is 9.75. The largest absolute Gasteiger partial charge is 0.451 e. The Morgan fingerprint density at radius 3 is 2.48 bits per heavy atom. The van der Waals surface area contributed by atoms with Crippen molar-refractivity contribution >= 4 is 17.2 Å². The molecular formula is C11H10F3N5O2. The Balaban J connectivity index is 2.52. The van der Waals surface area contributed by atoms with Crippen molar-refractivity contribution < 1.29 is 18.1 Å². The Labute approximate surface area is 116 Å². The van der Waals surface area contributed by atoms with Gasteiger partial charge in [0.1, 0.15) is 0 Å². The fourth-order valence-corrected chi connectivity index (χ4v) is 1.91. The Hall–Kier alpha value is -2.52. The standard InChI is InChI=1S/C11H10F3N5O2/c12-11(13,14)10(15)18(17-16)9-5-7(19(20)21)3-4-8(9)6-1-2-6/h3-6,15-16H,1-2H2. The highest BCUT2D eigenvalue weighted by atomic mass is 19.4. The van der Waals surface area contributed by atoms with Crippen LogP contribution in [0.15, 0.2) is 23.4 Å². The van der Waals surface area contributed by atoms with E-state index in [1.54, 1.807) is 0 Å². The van der Waals surface area contributed by atoms with Crippen molar-refractivity contribution in [3.8, 4) is 0 Å². The molecule has 1 aliphatic rings. The van der Waals surface area contributed by atoms with Gasteiger partial charge in [0, 0.05) is 12.1 Å². The monoisotopic (exact) mass is 301 g/mol. The molecule has 0 aliphatic heterocycles. The second kappa shape index (κ2) is 5.11. The number of halogens is 3. The lowest BCUT2D eigenvalue weighted by atomic mass is 10.1. The van der Waals surface area contributed by atoms with Gasteiger partial charge in [-0.2, -0.15) is 23.7 Å². The maximum atomic E-state index is 12.6. The summed E-state index contributed by atoms with van der Waals surface area (Å²) in [6.45, 7) is 0. The van der Waals surface area contributed by atoms with Gasteiger partial charge in [0.2, 0.25) is 5.84 Å². The number of nitrogens with zero attached hydrogens (tertiary/aromatic N) is 3. The zero-order valence-corrected chi connectivity index (χ0v) is 10.5. The Kier molecular flexibility index (Phi) is 3.62. The van der Waals surface area contributed by atoms with Gasteiger partial charge >= 0.3 is 6.18 Å². The van der Waals surface area contributed by atoms with Crippen LogP contribution < -0.4 is 5.01 Å². The van der Waals surface area contributed by atoms with Crippen molar-refractivity contribution in [2.45, 2.75) is 24.9 Å². The first kappa shape index (κ1) is 14.9. The fraction of sp³-hybridized carbons (Fsp3) is 0.364. The first-order valence-electron chi connectivity index (χ1n) is 5.87. The maximum absolute atomic E-state index is 12.6. The van der Waals surface area contributed by atoms with Crippen molar-refractivity contribution in [2.75, 3.05) is 5.01 Å². The quantitative estimate of drug-likeness (QED) is 0.290. The Morgan fingerprint density at radius 2 is 2.05 bits per heavy atom. The molecule has 1 aromatic rings. The van der Waals surface area contributed by atoms with Crippen LogP contribution in [0.5, 0.6) is 0 Å². The van der Waals surface area contributed by atoms with Crippen molar-refractivity contribution in [3.63, 3.8) is 0 Å². The maximum Gasteiger partial charge on any atom is 0.451 e. The third-order valence-electron chi connectivity index (χ3n) is 3.05. The van der Waals surface area contributed by atoms with Crippen LogP contribution >= 0.6 is 0 Å². The van der Waals surface area contributed by atoms with Crippen LogP contribution in [-0.4, -0.2) is 16.9 Å². The highest BCUT2D eigenvalue weighted by Crippen LogP contribution is 2.46. The van der Waals surface area contributed by atoms with E-state index in [0.29, 0.717) is 5.56 Å². The number of alkyl halides is 3.